The first-order valence-electron chi connectivity index (χ1n) is 12.4. The first-order valence-corrected chi connectivity index (χ1v) is 12.4. The van der Waals surface area contributed by atoms with E-state index in [1.165, 1.54) is 5.56 Å². The van der Waals surface area contributed by atoms with Gasteiger partial charge in [-0.1, -0.05) is 42.5 Å². The second-order valence-electron chi connectivity index (χ2n) is 9.10. The molecule has 1 aliphatic heterocycles. The van der Waals surface area contributed by atoms with Crippen LogP contribution in [0.1, 0.15) is 17.4 Å². The van der Waals surface area contributed by atoms with Crippen molar-refractivity contribution in [3.05, 3.63) is 96.8 Å². The first-order chi connectivity index (χ1) is 17.8. The highest BCUT2D eigenvalue weighted by Crippen LogP contribution is 2.36. The van der Waals surface area contributed by atoms with Crippen molar-refractivity contribution in [2.45, 2.75) is 13.0 Å². The second-order valence-corrected chi connectivity index (χ2v) is 9.10. The molecule has 0 aliphatic carbocycles. The smallest absolute Gasteiger partial charge is 0.150 e. The van der Waals surface area contributed by atoms with Crippen molar-refractivity contribution in [3.8, 4) is 16.8 Å². The normalized spacial score (nSPS) is 15.2. The second kappa shape index (κ2) is 9.97. The van der Waals surface area contributed by atoms with Crippen LogP contribution in [0, 0.1) is 6.92 Å². The van der Waals surface area contributed by atoms with E-state index in [0.717, 1.165) is 65.7 Å². The molecule has 0 bridgehead atoms. The Morgan fingerprint density at radius 1 is 0.972 bits per heavy atom. The number of fused-ring (bicyclic) bond motifs is 1. The Morgan fingerprint density at radius 2 is 1.83 bits per heavy atom. The summed E-state index contributed by atoms with van der Waals surface area (Å²) in [6.45, 7) is 5.95. The van der Waals surface area contributed by atoms with Gasteiger partial charge < -0.3 is 19.0 Å². The van der Waals surface area contributed by atoms with E-state index in [1.807, 2.05) is 18.2 Å². The van der Waals surface area contributed by atoms with Gasteiger partial charge in [-0.2, -0.15) is 0 Å². The Hall–Kier alpha value is -3.94. The minimum atomic E-state index is 0.0768. The van der Waals surface area contributed by atoms with Crippen LogP contribution in [0.5, 0.6) is 0 Å². The van der Waals surface area contributed by atoms with Crippen LogP contribution in [0.15, 0.2) is 89.9 Å². The SMILES string of the molecule is Cc1cccc(-n2cc(-c3ccccc3)c3c(NCC(c4ccco4)N4CCOCC4)ncnc32)c1. The topological polar surface area (TPSA) is 68.4 Å². The van der Waals surface area contributed by atoms with Crippen LogP contribution in [0.4, 0.5) is 5.82 Å². The third-order valence-electron chi connectivity index (χ3n) is 6.77. The summed E-state index contributed by atoms with van der Waals surface area (Å²) in [6.07, 6.45) is 5.55. The number of nitrogens with one attached hydrogen (secondary N) is 1. The zero-order chi connectivity index (χ0) is 24.3. The van der Waals surface area contributed by atoms with Gasteiger partial charge in [0.05, 0.1) is 30.9 Å². The minimum absolute atomic E-state index is 0.0768. The highest BCUT2D eigenvalue weighted by atomic mass is 16.5. The van der Waals surface area contributed by atoms with E-state index in [9.17, 15) is 0 Å². The summed E-state index contributed by atoms with van der Waals surface area (Å²) in [5.74, 6) is 1.75. The Labute approximate surface area is 210 Å². The number of aryl methyl sites for hydroxylation is 1. The van der Waals surface area contributed by atoms with Crippen molar-refractivity contribution in [2.24, 2.45) is 0 Å². The Balaban J connectivity index is 1.42. The molecule has 182 valence electrons. The van der Waals surface area contributed by atoms with Crippen molar-refractivity contribution in [2.75, 3.05) is 38.2 Å². The molecule has 1 aliphatic rings. The lowest BCUT2D eigenvalue weighted by Gasteiger charge is -2.33. The van der Waals surface area contributed by atoms with Crippen molar-refractivity contribution < 1.29 is 9.15 Å². The monoisotopic (exact) mass is 479 g/mol. The van der Waals surface area contributed by atoms with Crippen molar-refractivity contribution in [3.63, 3.8) is 0 Å². The maximum Gasteiger partial charge on any atom is 0.150 e. The van der Waals surface area contributed by atoms with E-state index in [4.69, 9.17) is 19.1 Å². The minimum Gasteiger partial charge on any atom is -0.468 e. The largest absolute Gasteiger partial charge is 0.468 e. The molecule has 3 aromatic heterocycles. The highest BCUT2D eigenvalue weighted by Gasteiger charge is 2.26. The zero-order valence-electron chi connectivity index (χ0n) is 20.3. The fraction of sp³-hybridized carbons (Fsp3) is 0.241. The van der Waals surface area contributed by atoms with Gasteiger partial charge in [-0.15, -0.1) is 0 Å². The fourth-order valence-corrected chi connectivity index (χ4v) is 4.98. The fourth-order valence-electron chi connectivity index (χ4n) is 4.98. The predicted octanol–water partition coefficient (Wildman–Crippen LogP) is 5.47. The summed E-state index contributed by atoms with van der Waals surface area (Å²) in [7, 11) is 0. The standard InChI is InChI=1S/C29H29N5O2/c1-21-7-5-10-23(17-21)34-19-24(22-8-3-2-4-9-22)27-28(31-20-32-29(27)34)30-18-25(26-11-6-14-36-26)33-12-15-35-16-13-33/h2-11,14,17,19-20,25H,12-13,15-16,18H2,1H3,(H,30,31,32). The third kappa shape index (κ3) is 4.39. The van der Waals surface area contributed by atoms with Crippen molar-refractivity contribution in [1.82, 2.24) is 19.4 Å². The Morgan fingerprint density at radius 3 is 2.61 bits per heavy atom. The van der Waals surface area contributed by atoms with Crippen LogP contribution in [0.3, 0.4) is 0 Å². The molecule has 7 heteroatoms. The van der Waals surface area contributed by atoms with Crippen LogP contribution < -0.4 is 5.32 Å². The number of ether oxygens (including phenoxy) is 1. The predicted molar refractivity (Wildman–Crippen MR) is 141 cm³/mol. The van der Waals surface area contributed by atoms with Gasteiger partial charge in [-0.05, 0) is 42.3 Å². The number of hydrogen-bond acceptors (Lipinski definition) is 6. The molecule has 0 spiro atoms. The quantitative estimate of drug-likeness (QED) is 0.334. The number of anilines is 1. The number of aromatic nitrogens is 3. The van der Waals surface area contributed by atoms with Gasteiger partial charge in [-0.3, -0.25) is 4.90 Å². The average molecular weight is 480 g/mol. The summed E-state index contributed by atoms with van der Waals surface area (Å²) in [5.41, 5.74) is 5.37. The zero-order valence-corrected chi connectivity index (χ0v) is 20.3. The molecule has 1 saturated heterocycles. The molecule has 1 N–H and O–H groups in total. The molecular weight excluding hydrogens is 450 g/mol. The molecule has 1 unspecified atom stereocenters. The first kappa shape index (κ1) is 22.5. The summed E-state index contributed by atoms with van der Waals surface area (Å²) >= 11 is 0. The van der Waals surface area contributed by atoms with Gasteiger partial charge in [-0.25, -0.2) is 9.97 Å². The van der Waals surface area contributed by atoms with E-state index < -0.39 is 0 Å². The summed E-state index contributed by atoms with van der Waals surface area (Å²) in [5, 5.41) is 4.66. The van der Waals surface area contributed by atoms with Crippen LogP contribution in [0.25, 0.3) is 27.8 Å². The van der Waals surface area contributed by atoms with E-state index in [2.05, 4.69) is 76.4 Å². The van der Waals surface area contributed by atoms with Gasteiger partial charge in [0.15, 0.2) is 5.65 Å². The maximum absolute atomic E-state index is 5.83. The molecule has 5 aromatic rings. The summed E-state index contributed by atoms with van der Waals surface area (Å²) in [6, 6.07) is 23.0. The van der Waals surface area contributed by atoms with Crippen molar-refractivity contribution >= 4 is 16.9 Å². The van der Waals surface area contributed by atoms with Gasteiger partial charge >= 0.3 is 0 Å². The molecule has 0 saturated carbocycles. The lowest BCUT2D eigenvalue weighted by Crippen LogP contribution is -2.41. The number of furan rings is 1. The molecule has 7 nitrogen and oxygen atoms in total. The molecule has 4 heterocycles. The van der Waals surface area contributed by atoms with Gasteiger partial charge in [0.1, 0.15) is 17.9 Å². The molecule has 6 rings (SSSR count). The summed E-state index contributed by atoms with van der Waals surface area (Å²) in [4.78, 5) is 11.8. The number of benzene rings is 2. The summed E-state index contributed by atoms with van der Waals surface area (Å²) < 4.78 is 13.6. The Kier molecular flexibility index (Phi) is 6.24. The molecule has 1 atom stereocenters. The van der Waals surface area contributed by atoms with Crippen LogP contribution >= 0.6 is 0 Å². The third-order valence-corrected chi connectivity index (χ3v) is 6.77. The highest BCUT2D eigenvalue weighted by molar-refractivity contribution is 6.02. The van der Waals surface area contributed by atoms with Crippen LogP contribution in [-0.4, -0.2) is 52.3 Å². The number of nitrogens with zero attached hydrogens (tertiary/aromatic N) is 4. The number of morpholine rings is 1. The molecule has 2 aromatic carbocycles. The lowest BCUT2D eigenvalue weighted by atomic mass is 10.1. The molecule has 0 radical (unpaired) electrons. The maximum atomic E-state index is 5.83. The number of rotatable bonds is 7. The molecule has 0 amide bonds. The van der Waals surface area contributed by atoms with Crippen LogP contribution in [-0.2, 0) is 4.74 Å². The van der Waals surface area contributed by atoms with Gasteiger partial charge in [0.2, 0.25) is 0 Å². The van der Waals surface area contributed by atoms with E-state index in [0.29, 0.717) is 6.54 Å². The van der Waals surface area contributed by atoms with Gasteiger partial charge in [0.25, 0.3) is 0 Å². The van der Waals surface area contributed by atoms with E-state index in [-0.39, 0.29) is 6.04 Å². The van der Waals surface area contributed by atoms with Crippen molar-refractivity contribution in [1.29, 1.82) is 0 Å². The van der Waals surface area contributed by atoms with E-state index in [1.54, 1.807) is 12.6 Å². The number of hydrogen-bond donors (Lipinski definition) is 1. The van der Waals surface area contributed by atoms with Crippen LogP contribution in [0.2, 0.25) is 0 Å². The lowest BCUT2D eigenvalue weighted by molar-refractivity contribution is 0.0144. The Bertz CT molecular complexity index is 1440. The average Bonchev–Trinajstić information content (AvgIpc) is 3.59. The molecule has 1 fully saturated rings. The molecule has 36 heavy (non-hydrogen) atoms. The van der Waals surface area contributed by atoms with Gasteiger partial charge in [0, 0.05) is 37.1 Å². The molecular formula is C29H29N5O2. The van der Waals surface area contributed by atoms with E-state index >= 15 is 0 Å².